The first-order chi connectivity index (χ1) is 8.95. The van der Waals surface area contributed by atoms with E-state index in [0.29, 0.717) is 18.8 Å². The van der Waals surface area contributed by atoms with Gasteiger partial charge < -0.3 is 10.5 Å². The van der Waals surface area contributed by atoms with Gasteiger partial charge in [0.05, 0.1) is 17.0 Å². The van der Waals surface area contributed by atoms with Gasteiger partial charge in [-0.1, -0.05) is 11.6 Å². The van der Waals surface area contributed by atoms with Crippen molar-refractivity contribution >= 4 is 21.6 Å². The zero-order valence-electron chi connectivity index (χ0n) is 10.7. The smallest absolute Gasteiger partial charge is 0.243 e. The second-order valence-corrected chi connectivity index (χ2v) is 6.91. The van der Waals surface area contributed by atoms with Crippen LogP contribution in [0.4, 0.5) is 0 Å². The minimum Gasteiger partial charge on any atom is -0.495 e. The number of nitrogens with zero attached hydrogens (tertiary/aromatic N) is 1. The average molecular weight is 305 g/mol. The third kappa shape index (κ3) is 3.02. The fourth-order valence-corrected chi connectivity index (χ4v) is 4.03. The van der Waals surface area contributed by atoms with Crippen LogP contribution in [0.3, 0.4) is 0 Å². The van der Waals surface area contributed by atoms with Gasteiger partial charge in [-0.3, -0.25) is 0 Å². The summed E-state index contributed by atoms with van der Waals surface area (Å²) >= 11 is 5.97. The predicted molar refractivity (Wildman–Crippen MR) is 74.0 cm³/mol. The molecule has 1 aromatic carbocycles. The summed E-state index contributed by atoms with van der Waals surface area (Å²) < 4.78 is 31.3. The quantitative estimate of drug-likeness (QED) is 0.917. The molecule has 7 heteroatoms. The monoisotopic (exact) mass is 304 g/mol. The van der Waals surface area contributed by atoms with Crippen molar-refractivity contribution in [2.24, 2.45) is 5.73 Å². The Bertz CT molecular complexity index is 562. The van der Waals surface area contributed by atoms with Gasteiger partial charge in [-0.15, -0.1) is 0 Å². The van der Waals surface area contributed by atoms with Crippen LogP contribution in [0.2, 0.25) is 5.02 Å². The van der Waals surface area contributed by atoms with Crippen molar-refractivity contribution in [1.29, 1.82) is 0 Å². The molecular formula is C12H17ClN2O3S. The Labute approximate surface area is 118 Å². The average Bonchev–Trinajstić information content (AvgIpc) is 2.38. The third-order valence-electron chi connectivity index (χ3n) is 3.18. The van der Waals surface area contributed by atoms with Gasteiger partial charge in [-0.25, -0.2) is 8.42 Å². The Kier molecular flexibility index (Phi) is 4.35. The normalized spacial score (nSPS) is 21.3. The van der Waals surface area contributed by atoms with Crippen LogP contribution >= 0.6 is 11.6 Å². The Hall–Kier alpha value is -0.820. The summed E-state index contributed by atoms with van der Waals surface area (Å²) in [5.41, 5.74) is 5.82. The fraction of sp³-hybridized carbons (Fsp3) is 0.500. The van der Waals surface area contributed by atoms with E-state index in [0.717, 1.165) is 12.8 Å². The second-order valence-electron chi connectivity index (χ2n) is 4.56. The first kappa shape index (κ1) is 14.6. The lowest BCUT2D eigenvalue weighted by Crippen LogP contribution is -2.45. The highest BCUT2D eigenvalue weighted by Gasteiger charge is 2.29. The molecule has 2 N–H and O–H groups in total. The standard InChI is InChI=1S/C12H17ClN2O3S/c1-18-12-5-4-10(7-11(12)13)19(16,17)15-6-2-3-9(14)8-15/h4-5,7,9H,2-3,6,8,14H2,1H3/t9-/m1/s1. The molecule has 5 nitrogen and oxygen atoms in total. The van der Waals surface area contributed by atoms with Crippen LogP contribution in [0.1, 0.15) is 12.8 Å². The molecular weight excluding hydrogens is 288 g/mol. The second kappa shape index (κ2) is 5.66. The maximum absolute atomic E-state index is 12.5. The van der Waals surface area contributed by atoms with E-state index in [4.69, 9.17) is 22.1 Å². The van der Waals surface area contributed by atoms with E-state index >= 15 is 0 Å². The summed E-state index contributed by atoms with van der Waals surface area (Å²) in [6.45, 7) is 0.853. The highest BCUT2D eigenvalue weighted by Crippen LogP contribution is 2.29. The van der Waals surface area contributed by atoms with Gasteiger partial charge in [0.1, 0.15) is 5.75 Å². The molecule has 0 unspecified atom stereocenters. The molecule has 0 spiro atoms. The molecule has 1 aliphatic heterocycles. The number of hydrogen-bond acceptors (Lipinski definition) is 4. The molecule has 1 heterocycles. The Balaban J connectivity index is 2.31. The van der Waals surface area contributed by atoms with Crippen molar-refractivity contribution in [2.75, 3.05) is 20.2 Å². The molecule has 1 aromatic rings. The van der Waals surface area contributed by atoms with Crippen LogP contribution in [0.15, 0.2) is 23.1 Å². The first-order valence-corrected chi connectivity index (χ1v) is 7.86. The number of methoxy groups -OCH3 is 1. The molecule has 0 saturated carbocycles. The molecule has 106 valence electrons. The summed E-state index contributed by atoms with van der Waals surface area (Å²) in [6, 6.07) is 4.37. The van der Waals surface area contributed by atoms with Crippen LogP contribution in [0.5, 0.6) is 5.75 Å². The zero-order chi connectivity index (χ0) is 14.0. The third-order valence-corrected chi connectivity index (χ3v) is 5.34. The highest BCUT2D eigenvalue weighted by atomic mass is 35.5. The molecule has 1 saturated heterocycles. The number of nitrogens with two attached hydrogens (primary N) is 1. The molecule has 0 bridgehead atoms. The number of sulfonamides is 1. The summed E-state index contributed by atoms with van der Waals surface area (Å²) in [4.78, 5) is 0.174. The topological polar surface area (TPSA) is 72.6 Å². The summed E-state index contributed by atoms with van der Waals surface area (Å²) in [6.07, 6.45) is 1.64. The Morgan fingerprint density at radius 2 is 2.21 bits per heavy atom. The minimum atomic E-state index is -3.53. The SMILES string of the molecule is COc1ccc(S(=O)(=O)N2CCC[C@@H](N)C2)cc1Cl. The molecule has 1 atom stereocenters. The van der Waals surface area contributed by atoms with Crippen molar-refractivity contribution < 1.29 is 13.2 Å². The van der Waals surface area contributed by atoms with Crippen molar-refractivity contribution in [3.05, 3.63) is 23.2 Å². The number of piperidine rings is 1. The summed E-state index contributed by atoms with van der Waals surface area (Å²) in [5, 5.41) is 0.282. The van der Waals surface area contributed by atoms with Crippen molar-refractivity contribution in [3.63, 3.8) is 0 Å². The van der Waals surface area contributed by atoms with E-state index in [1.807, 2.05) is 0 Å². The number of ether oxygens (including phenoxy) is 1. The molecule has 19 heavy (non-hydrogen) atoms. The predicted octanol–water partition coefficient (Wildman–Crippen LogP) is 1.46. The fourth-order valence-electron chi connectivity index (χ4n) is 2.15. The molecule has 0 aliphatic carbocycles. The highest BCUT2D eigenvalue weighted by molar-refractivity contribution is 7.89. The van der Waals surface area contributed by atoms with Gasteiger partial charge in [0.15, 0.2) is 0 Å². The van der Waals surface area contributed by atoms with Crippen LogP contribution in [-0.2, 0) is 10.0 Å². The Morgan fingerprint density at radius 3 is 2.79 bits per heavy atom. The molecule has 0 aromatic heterocycles. The summed E-state index contributed by atoms with van der Waals surface area (Å²) in [7, 11) is -2.04. The van der Waals surface area contributed by atoms with E-state index in [9.17, 15) is 8.42 Å². The number of hydrogen-bond donors (Lipinski definition) is 1. The van der Waals surface area contributed by atoms with Gasteiger partial charge in [0.25, 0.3) is 0 Å². The number of rotatable bonds is 3. The van der Waals surface area contributed by atoms with Gasteiger partial charge in [-0.2, -0.15) is 4.31 Å². The van der Waals surface area contributed by atoms with Crippen molar-refractivity contribution in [2.45, 2.75) is 23.8 Å². The lowest BCUT2D eigenvalue weighted by molar-refractivity contribution is 0.316. The summed E-state index contributed by atoms with van der Waals surface area (Å²) in [5.74, 6) is 0.455. The van der Waals surface area contributed by atoms with E-state index in [1.54, 1.807) is 6.07 Å². The van der Waals surface area contributed by atoms with Gasteiger partial charge >= 0.3 is 0 Å². The molecule has 1 aliphatic rings. The molecule has 0 amide bonds. The lowest BCUT2D eigenvalue weighted by Gasteiger charge is -2.29. The first-order valence-electron chi connectivity index (χ1n) is 6.04. The van der Waals surface area contributed by atoms with Crippen molar-refractivity contribution in [3.8, 4) is 5.75 Å². The van der Waals surface area contributed by atoms with Gasteiger partial charge in [0.2, 0.25) is 10.0 Å². The number of halogens is 1. The zero-order valence-corrected chi connectivity index (χ0v) is 12.2. The van der Waals surface area contributed by atoms with Crippen LogP contribution in [-0.4, -0.2) is 39.0 Å². The van der Waals surface area contributed by atoms with Crippen molar-refractivity contribution in [1.82, 2.24) is 4.31 Å². The van der Waals surface area contributed by atoms with Crippen LogP contribution < -0.4 is 10.5 Å². The van der Waals surface area contributed by atoms with E-state index in [-0.39, 0.29) is 16.0 Å². The van der Waals surface area contributed by atoms with Gasteiger partial charge in [0, 0.05) is 19.1 Å². The maximum Gasteiger partial charge on any atom is 0.243 e. The van der Waals surface area contributed by atoms with E-state index < -0.39 is 10.0 Å². The number of benzene rings is 1. The lowest BCUT2D eigenvalue weighted by atomic mass is 10.1. The van der Waals surface area contributed by atoms with Crippen LogP contribution in [0, 0.1) is 0 Å². The molecule has 2 rings (SSSR count). The Morgan fingerprint density at radius 1 is 1.47 bits per heavy atom. The van der Waals surface area contributed by atoms with E-state index in [2.05, 4.69) is 0 Å². The van der Waals surface area contributed by atoms with Crippen LogP contribution in [0.25, 0.3) is 0 Å². The minimum absolute atomic E-state index is 0.0998. The van der Waals surface area contributed by atoms with Gasteiger partial charge in [-0.05, 0) is 31.0 Å². The molecule has 1 fully saturated rings. The molecule has 0 radical (unpaired) electrons. The maximum atomic E-state index is 12.5. The van der Waals surface area contributed by atoms with E-state index in [1.165, 1.54) is 23.5 Å². The largest absolute Gasteiger partial charge is 0.495 e.